The average Bonchev–Trinajstić information content (AvgIpc) is 2.45. The molecule has 1 N–H and O–H groups in total. The van der Waals surface area contributed by atoms with E-state index in [4.69, 9.17) is 4.55 Å². The highest BCUT2D eigenvalue weighted by atomic mass is 32.2. The first kappa shape index (κ1) is 15.4. The van der Waals surface area contributed by atoms with Crippen molar-refractivity contribution >= 4 is 33.3 Å². The summed E-state index contributed by atoms with van der Waals surface area (Å²) < 4.78 is 30.8. The normalized spacial score (nSPS) is 13.6. The van der Waals surface area contributed by atoms with Crippen LogP contribution in [0.5, 0.6) is 0 Å². The number of rotatable bonds is 4. The van der Waals surface area contributed by atoms with Crippen molar-refractivity contribution in [1.82, 2.24) is 0 Å². The lowest BCUT2D eigenvalue weighted by Crippen LogP contribution is -2.23. The van der Waals surface area contributed by atoms with Crippen LogP contribution in [0.25, 0.3) is 0 Å². The third kappa shape index (κ3) is 3.29. The Morgan fingerprint density at radius 3 is 2.59 bits per heavy atom. The predicted octanol–water partition coefficient (Wildman–Crippen LogP) is 3.88. The highest BCUT2D eigenvalue weighted by Gasteiger charge is 2.23. The Hall–Kier alpha value is -1.50. The van der Waals surface area contributed by atoms with E-state index < -0.39 is 10.1 Å². The quantitative estimate of drug-likeness (QED) is 0.860. The summed E-state index contributed by atoms with van der Waals surface area (Å²) in [4.78, 5) is 4.46. The van der Waals surface area contributed by atoms with Gasteiger partial charge in [0, 0.05) is 16.3 Å². The molecule has 0 atom stereocenters. The largest absolute Gasteiger partial charge is 0.340 e. The van der Waals surface area contributed by atoms with E-state index in [9.17, 15) is 8.42 Å². The van der Waals surface area contributed by atoms with E-state index in [1.807, 2.05) is 18.2 Å². The zero-order chi connectivity index (χ0) is 15.7. The maximum Gasteiger partial charge on any atom is 0.264 e. The van der Waals surface area contributed by atoms with Crippen LogP contribution in [0.2, 0.25) is 0 Å². The molecule has 0 aliphatic carbocycles. The van der Waals surface area contributed by atoms with Crippen LogP contribution in [-0.2, 0) is 10.1 Å². The van der Waals surface area contributed by atoms with Crippen LogP contribution in [0.3, 0.4) is 0 Å². The van der Waals surface area contributed by atoms with Gasteiger partial charge in [-0.3, -0.25) is 4.55 Å². The summed E-state index contributed by atoms with van der Waals surface area (Å²) in [5, 5.41) is 0. The standard InChI is InChI=1S/C16H17NO3S2/c1-12-7-8-14-16(11-12)21-15-6-3-2-5-13(15)17(14)9-4-10-22(18,19)20/h2-3,5-8,11H,4,9-10H2,1H3,(H,18,19,20). The molecule has 1 aliphatic heterocycles. The highest BCUT2D eigenvalue weighted by molar-refractivity contribution is 7.99. The van der Waals surface area contributed by atoms with Crippen LogP contribution in [0.4, 0.5) is 11.4 Å². The zero-order valence-electron chi connectivity index (χ0n) is 12.2. The van der Waals surface area contributed by atoms with E-state index in [1.54, 1.807) is 11.8 Å². The maximum atomic E-state index is 10.9. The summed E-state index contributed by atoms with van der Waals surface area (Å²) >= 11 is 1.73. The number of para-hydroxylation sites is 1. The predicted molar refractivity (Wildman–Crippen MR) is 89.8 cm³/mol. The first-order chi connectivity index (χ1) is 10.4. The van der Waals surface area contributed by atoms with Crippen LogP contribution in [0.1, 0.15) is 12.0 Å². The summed E-state index contributed by atoms with van der Waals surface area (Å²) in [5.41, 5.74) is 3.37. The molecule has 0 unspecified atom stereocenters. The first-order valence-electron chi connectivity index (χ1n) is 7.04. The van der Waals surface area contributed by atoms with Gasteiger partial charge in [0.15, 0.2) is 0 Å². The SMILES string of the molecule is Cc1ccc2c(c1)Sc1ccccc1N2CCCS(=O)(=O)O. The van der Waals surface area contributed by atoms with E-state index in [1.165, 1.54) is 10.5 Å². The van der Waals surface area contributed by atoms with Crippen molar-refractivity contribution in [3.05, 3.63) is 48.0 Å². The van der Waals surface area contributed by atoms with Crippen LogP contribution in [-0.4, -0.2) is 25.3 Å². The molecule has 0 saturated heterocycles. The minimum atomic E-state index is -3.92. The lowest BCUT2D eigenvalue weighted by molar-refractivity contribution is 0.481. The van der Waals surface area contributed by atoms with Crippen LogP contribution < -0.4 is 4.90 Å². The molecule has 0 radical (unpaired) electrons. The van der Waals surface area contributed by atoms with E-state index in [0.717, 1.165) is 16.3 Å². The number of hydrogen-bond acceptors (Lipinski definition) is 4. The van der Waals surface area contributed by atoms with Gasteiger partial charge in [-0.25, -0.2) is 0 Å². The fourth-order valence-electron chi connectivity index (χ4n) is 2.59. The van der Waals surface area contributed by atoms with Crippen LogP contribution in [0.15, 0.2) is 52.3 Å². The van der Waals surface area contributed by atoms with Crippen molar-refractivity contribution in [2.24, 2.45) is 0 Å². The van der Waals surface area contributed by atoms with E-state index >= 15 is 0 Å². The number of hydrogen-bond donors (Lipinski definition) is 1. The van der Waals surface area contributed by atoms with Crippen LogP contribution in [0, 0.1) is 6.92 Å². The fourth-order valence-corrected chi connectivity index (χ4v) is 4.27. The van der Waals surface area contributed by atoms with Gasteiger partial charge >= 0.3 is 0 Å². The monoisotopic (exact) mass is 335 g/mol. The molecule has 0 bridgehead atoms. The molecule has 0 aromatic heterocycles. The first-order valence-corrected chi connectivity index (χ1v) is 9.47. The summed E-state index contributed by atoms with van der Waals surface area (Å²) in [5.74, 6) is -0.222. The zero-order valence-corrected chi connectivity index (χ0v) is 13.8. The van der Waals surface area contributed by atoms with Gasteiger partial charge in [0.25, 0.3) is 10.1 Å². The molecule has 0 spiro atoms. The number of nitrogens with zero attached hydrogens (tertiary/aromatic N) is 1. The molecule has 3 rings (SSSR count). The Labute approximate surface area is 134 Å². The molecule has 2 aromatic carbocycles. The number of fused-ring (bicyclic) bond motifs is 2. The van der Waals surface area contributed by atoms with Crippen molar-refractivity contribution in [3.8, 4) is 0 Å². The molecule has 0 amide bonds. The maximum absolute atomic E-state index is 10.9. The molecule has 1 aliphatic rings. The summed E-state index contributed by atoms with van der Waals surface area (Å²) in [7, 11) is -3.92. The van der Waals surface area contributed by atoms with Gasteiger partial charge in [-0.05, 0) is 43.2 Å². The van der Waals surface area contributed by atoms with Gasteiger partial charge in [-0.2, -0.15) is 8.42 Å². The number of anilines is 2. The molecular formula is C16H17NO3S2. The lowest BCUT2D eigenvalue weighted by Gasteiger charge is -2.33. The summed E-state index contributed by atoms with van der Waals surface area (Å²) in [6.45, 7) is 2.61. The molecule has 116 valence electrons. The van der Waals surface area contributed by atoms with Crippen LogP contribution >= 0.6 is 11.8 Å². The topological polar surface area (TPSA) is 57.6 Å². The molecule has 6 heteroatoms. The molecule has 2 aromatic rings. The van der Waals surface area contributed by atoms with Gasteiger partial charge in [0.2, 0.25) is 0 Å². The van der Waals surface area contributed by atoms with Gasteiger partial charge in [-0.15, -0.1) is 0 Å². The minimum absolute atomic E-state index is 0.222. The van der Waals surface area contributed by atoms with E-state index in [2.05, 4.69) is 36.1 Å². The van der Waals surface area contributed by atoms with Gasteiger partial charge in [0.05, 0.1) is 17.1 Å². The van der Waals surface area contributed by atoms with E-state index in [-0.39, 0.29) is 5.75 Å². The second-order valence-electron chi connectivity index (χ2n) is 5.33. The molecule has 0 saturated carbocycles. The van der Waals surface area contributed by atoms with Gasteiger partial charge in [-0.1, -0.05) is 30.0 Å². The van der Waals surface area contributed by atoms with Crippen molar-refractivity contribution in [2.75, 3.05) is 17.2 Å². The van der Waals surface area contributed by atoms with Gasteiger partial charge < -0.3 is 4.90 Å². The lowest BCUT2D eigenvalue weighted by atomic mass is 10.1. The second kappa shape index (κ2) is 5.95. The van der Waals surface area contributed by atoms with Crippen molar-refractivity contribution in [2.45, 2.75) is 23.1 Å². The van der Waals surface area contributed by atoms with Crippen molar-refractivity contribution in [3.63, 3.8) is 0 Å². The Balaban J connectivity index is 1.94. The molecule has 1 heterocycles. The molecular weight excluding hydrogens is 318 g/mol. The van der Waals surface area contributed by atoms with E-state index in [0.29, 0.717) is 13.0 Å². The Morgan fingerprint density at radius 1 is 1.09 bits per heavy atom. The molecule has 22 heavy (non-hydrogen) atoms. The third-order valence-corrected chi connectivity index (χ3v) is 5.48. The fraction of sp³-hybridized carbons (Fsp3) is 0.250. The highest BCUT2D eigenvalue weighted by Crippen LogP contribution is 2.48. The van der Waals surface area contributed by atoms with Crippen molar-refractivity contribution < 1.29 is 13.0 Å². The number of aryl methyl sites for hydroxylation is 1. The molecule has 4 nitrogen and oxygen atoms in total. The summed E-state index contributed by atoms with van der Waals surface area (Å²) in [6, 6.07) is 14.4. The van der Waals surface area contributed by atoms with Gasteiger partial charge in [0.1, 0.15) is 0 Å². The molecule has 0 fully saturated rings. The number of benzene rings is 2. The third-order valence-electron chi connectivity index (χ3n) is 3.57. The summed E-state index contributed by atoms with van der Waals surface area (Å²) in [6.07, 6.45) is 0.380. The average molecular weight is 335 g/mol. The Morgan fingerprint density at radius 2 is 1.82 bits per heavy atom. The van der Waals surface area contributed by atoms with Crippen molar-refractivity contribution in [1.29, 1.82) is 0 Å². The smallest absolute Gasteiger partial charge is 0.264 e. The Kier molecular flexibility index (Phi) is 4.16. The second-order valence-corrected chi connectivity index (χ2v) is 7.99. The minimum Gasteiger partial charge on any atom is -0.340 e. The Bertz CT molecular complexity index is 803.